The number of anilines is 1. The average molecular weight is 429 g/mol. The summed E-state index contributed by atoms with van der Waals surface area (Å²) in [5.74, 6) is -0.101. The second-order valence-corrected chi connectivity index (χ2v) is 7.53. The number of nitrogens with zero attached hydrogens (tertiary/aromatic N) is 2. The summed E-state index contributed by atoms with van der Waals surface area (Å²) < 4.78 is 10.5. The number of aromatic nitrogens is 2. The van der Waals surface area contributed by atoms with Crippen molar-refractivity contribution in [3.8, 4) is 11.4 Å². The van der Waals surface area contributed by atoms with Crippen molar-refractivity contribution >= 4 is 28.3 Å². The number of ether oxygens (including phenoxy) is 1. The van der Waals surface area contributed by atoms with E-state index in [1.807, 2.05) is 73.7 Å². The summed E-state index contributed by atoms with van der Waals surface area (Å²) in [5.41, 5.74) is 2.65. The van der Waals surface area contributed by atoms with Gasteiger partial charge in [0.05, 0.1) is 6.42 Å². The normalized spacial score (nSPS) is 11.8. The van der Waals surface area contributed by atoms with Crippen LogP contribution in [0.4, 0.5) is 5.69 Å². The van der Waals surface area contributed by atoms with E-state index in [1.165, 1.54) is 0 Å². The Morgan fingerprint density at radius 3 is 2.59 bits per heavy atom. The average Bonchev–Trinajstić information content (AvgIpc) is 3.27. The Labute approximate surface area is 185 Å². The molecule has 1 unspecified atom stereocenters. The molecule has 0 aliphatic rings. The molecule has 0 saturated carbocycles. The summed E-state index contributed by atoms with van der Waals surface area (Å²) in [5, 5.41) is 8.72. The number of carbonyl (C=O) groups excluding carboxylic acids is 2. The van der Waals surface area contributed by atoms with Gasteiger partial charge in [0.15, 0.2) is 6.10 Å². The third-order valence-corrected chi connectivity index (χ3v) is 5.05. The summed E-state index contributed by atoms with van der Waals surface area (Å²) in [4.78, 5) is 29.1. The lowest BCUT2D eigenvalue weighted by molar-refractivity contribution is -0.153. The van der Waals surface area contributed by atoms with E-state index < -0.39 is 18.0 Å². The van der Waals surface area contributed by atoms with Crippen molar-refractivity contribution in [2.24, 2.45) is 0 Å². The number of fused-ring (bicyclic) bond motifs is 1. The summed E-state index contributed by atoms with van der Waals surface area (Å²) >= 11 is 0. The van der Waals surface area contributed by atoms with Crippen molar-refractivity contribution in [3.63, 3.8) is 0 Å². The van der Waals surface area contributed by atoms with Gasteiger partial charge in [-0.25, -0.2) is 0 Å². The molecule has 1 amide bonds. The molecule has 32 heavy (non-hydrogen) atoms. The lowest BCUT2D eigenvalue weighted by atomic mass is 10.1. The fraction of sp³-hybridized carbons (Fsp3) is 0.200. The van der Waals surface area contributed by atoms with E-state index in [-0.39, 0.29) is 12.8 Å². The molecule has 0 aliphatic heterocycles. The van der Waals surface area contributed by atoms with Gasteiger partial charge in [0.2, 0.25) is 11.7 Å². The molecule has 4 rings (SSSR count). The highest BCUT2D eigenvalue weighted by molar-refractivity contribution is 6.03. The lowest BCUT2D eigenvalue weighted by Crippen LogP contribution is -2.30. The molecule has 3 aromatic carbocycles. The topological polar surface area (TPSA) is 94.3 Å². The Kier molecular flexibility index (Phi) is 6.26. The molecule has 1 aromatic heterocycles. The highest BCUT2D eigenvalue weighted by Gasteiger charge is 2.19. The molecule has 7 nitrogen and oxygen atoms in total. The van der Waals surface area contributed by atoms with Gasteiger partial charge in [-0.05, 0) is 25.3 Å². The van der Waals surface area contributed by atoms with E-state index in [0.29, 0.717) is 17.4 Å². The molecule has 0 fully saturated rings. The van der Waals surface area contributed by atoms with Gasteiger partial charge in [-0.2, -0.15) is 4.98 Å². The van der Waals surface area contributed by atoms with E-state index in [9.17, 15) is 9.59 Å². The van der Waals surface area contributed by atoms with Crippen molar-refractivity contribution in [2.75, 3.05) is 5.32 Å². The molecule has 1 atom stereocenters. The highest BCUT2D eigenvalue weighted by atomic mass is 16.5. The summed E-state index contributed by atoms with van der Waals surface area (Å²) in [6, 6.07) is 21.1. The number of nitrogens with one attached hydrogen (secondary N) is 1. The maximum Gasteiger partial charge on any atom is 0.307 e. The number of aryl methyl sites for hydroxylation is 2. The number of rotatable bonds is 7. The van der Waals surface area contributed by atoms with Crippen LogP contribution in [0.5, 0.6) is 0 Å². The molecular formula is C25H23N3O4. The maximum atomic E-state index is 12.5. The molecule has 1 heterocycles. The van der Waals surface area contributed by atoms with E-state index in [4.69, 9.17) is 9.26 Å². The van der Waals surface area contributed by atoms with Crippen molar-refractivity contribution in [2.45, 2.75) is 32.8 Å². The monoisotopic (exact) mass is 429 g/mol. The Bertz CT molecular complexity index is 1240. The van der Waals surface area contributed by atoms with Gasteiger partial charge in [0.25, 0.3) is 5.91 Å². The summed E-state index contributed by atoms with van der Waals surface area (Å²) in [6.07, 6.45) is -0.677. The van der Waals surface area contributed by atoms with Crippen LogP contribution in [0.15, 0.2) is 71.3 Å². The first-order valence-corrected chi connectivity index (χ1v) is 10.4. The van der Waals surface area contributed by atoms with Crippen LogP contribution in [0, 0.1) is 6.92 Å². The van der Waals surface area contributed by atoms with Crippen LogP contribution in [-0.2, 0) is 20.7 Å². The van der Waals surface area contributed by atoms with Crippen LogP contribution in [0.3, 0.4) is 0 Å². The molecule has 1 N–H and O–H groups in total. The minimum Gasteiger partial charge on any atom is -0.453 e. The van der Waals surface area contributed by atoms with Crippen molar-refractivity contribution in [1.29, 1.82) is 0 Å². The molecule has 0 saturated heterocycles. The first-order chi connectivity index (χ1) is 15.5. The minimum atomic E-state index is -0.938. The van der Waals surface area contributed by atoms with Crippen LogP contribution >= 0.6 is 0 Å². The zero-order valence-electron chi connectivity index (χ0n) is 17.9. The van der Waals surface area contributed by atoms with Gasteiger partial charge in [-0.1, -0.05) is 71.4 Å². The highest BCUT2D eigenvalue weighted by Crippen LogP contribution is 2.23. The number of hydrogen-bond acceptors (Lipinski definition) is 6. The SMILES string of the molecule is Cc1ccc(-c2noc(CCC(=O)OC(C)C(=O)Nc3cccc4ccccc34)n2)cc1. The molecule has 0 radical (unpaired) electrons. The Morgan fingerprint density at radius 2 is 1.78 bits per heavy atom. The number of hydrogen-bond donors (Lipinski definition) is 1. The largest absolute Gasteiger partial charge is 0.453 e. The number of benzene rings is 3. The van der Waals surface area contributed by atoms with Gasteiger partial charge < -0.3 is 14.6 Å². The molecule has 162 valence electrons. The third-order valence-electron chi connectivity index (χ3n) is 5.05. The predicted molar refractivity (Wildman–Crippen MR) is 121 cm³/mol. The van der Waals surface area contributed by atoms with E-state index in [0.717, 1.165) is 21.9 Å². The molecule has 4 aromatic rings. The molecule has 0 spiro atoms. The van der Waals surface area contributed by atoms with Gasteiger partial charge in [-0.3, -0.25) is 9.59 Å². The smallest absolute Gasteiger partial charge is 0.307 e. The number of amides is 1. The lowest BCUT2D eigenvalue weighted by Gasteiger charge is -2.14. The van der Waals surface area contributed by atoms with E-state index in [2.05, 4.69) is 15.5 Å². The second-order valence-electron chi connectivity index (χ2n) is 7.53. The number of esters is 1. The van der Waals surface area contributed by atoms with Crippen LogP contribution < -0.4 is 5.32 Å². The molecular weight excluding hydrogens is 406 g/mol. The zero-order valence-corrected chi connectivity index (χ0v) is 17.9. The van der Waals surface area contributed by atoms with Crippen molar-refractivity contribution in [3.05, 3.63) is 78.2 Å². The van der Waals surface area contributed by atoms with E-state index in [1.54, 1.807) is 6.92 Å². The Balaban J connectivity index is 1.30. The summed E-state index contributed by atoms with van der Waals surface area (Å²) in [7, 11) is 0. The molecule has 0 bridgehead atoms. The standard InChI is InChI=1S/C25H23N3O4/c1-16-10-12-19(13-11-16)24-27-22(32-28-24)14-15-23(29)31-17(2)25(30)26-21-9-5-7-18-6-3-4-8-20(18)21/h3-13,17H,14-15H2,1-2H3,(H,26,30). The van der Waals surface area contributed by atoms with Crippen molar-refractivity contribution in [1.82, 2.24) is 10.1 Å². The second kappa shape index (κ2) is 9.43. The molecule has 7 heteroatoms. The van der Waals surface area contributed by atoms with Crippen LogP contribution in [0.25, 0.3) is 22.2 Å². The van der Waals surface area contributed by atoms with E-state index >= 15 is 0 Å². The van der Waals surface area contributed by atoms with Crippen LogP contribution in [-0.4, -0.2) is 28.1 Å². The fourth-order valence-corrected chi connectivity index (χ4v) is 3.26. The van der Waals surface area contributed by atoms with Gasteiger partial charge in [0, 0.05) is 23.1 Å². The third kappa shape index (κ3) is 5.00. The Hall–Kier alpha value is -4.00. The van der Waals surface area contributed by atoms with Crippen LogP contribution in [0.2, 0.25) is 0 Å². The molecule has 0 aliphatic carbocycles. The minimum absolute atomic E-state index is 0.0292. The van der Waals surface area contributed by atoms with Crippen LogP contribution in [0.1, 0.15) is 24.8 Å². The number of carbonyl (C=O) groups is 2. The maximum absolute atomic E-state index is 12.5. The zero-order chi connectivity index (χ0) is 22.5. The van der Waals surface area contributed by atoms with Gasteiger partial charge >= 0.3 is 5.97 Å². The Morgan fingerprint density at radius 1 is 1.03 bits per heavy atom. The summed E-state index contributed by atoms with van der Waals surface area (Å²) in [6.45, 7) is 3.54. The predicted octanol–water partition coefficient (Wildman–Crippen LogP) is 4.70. The van der Waals surface area contributed by atoms with Gasteiger partial charge in [0.1, 0.15) is 0 Å². The fourth-order valence-electron chi connectivity index (χ4n) is 3.26. The quantitative estimate of drug-likeness (QED) is 0.428. The van der Waals surface area contributed by atoms with Crippen molar-refractivity contribution < 1.29 is 18.8 Å². The van der Waals surface area contributed by atoms with Gasteiger partial charge in [-0.15, -0.1) is 0 Å². The first kappa shape index (κ1) is 21.2. The first-order valence-electron chi connectivity index (χ1n) is 10.4.